The molecule has 3 aliphatic heterocycles. The van der Waals surface area contributed by atoms with Crippen LogP contribution in [0.4, 0.5) is 4.39 Å². The first kappa shape index (κ1) is 24.5. The second-order valence-corrected chi connectivity index (χ2v) is 10.7. The maximum atomic E-state index is 14.0. The molecule has 38 heavy (non-hydrogen) atoms. The van der Waals surface area contributed by atoms with Crippen LogP contribution in [0.5, 0.6) is 0 Å². The summed E-state index contributed by atoms with van der Waals surface area (Å²) in [6.45, 7) is 1.02. The van der Waals surface area contributed by atoms with E-state index in [0.717, 1.165) is 21.3 Å². The van der Waals surface area contributed by atoms with Crippen molar-refractivity contribution in [3.8, 4) is 0 Å². The topological polar surface area (TPSA) is 73.0 Å². The monoisotopic (exact) mass is 574 g/mol. The molecule has 0 aliphatic carbocycles. The Morgan fingerprint density at radius 2 is 1.66 bits per heavy atom. The lowest BCUT2D eigenvalue weighted by molar-refractivity contribution is 0.0528. The van der Waals surface area contributed by atoms with Crippen molar-refractivity contribution in [3.05, 3.63) is 110 Å². The van der Waals surface area contributed by atoms with E-state index in [4.69, 9.17) is 0 Å². The highest BCUT2D eigenvalue weighted by atomic mass is 79.9. The van der Waals surface area contributed by atoms with E-state index in [1.54, 1.807) is 41.3 Å². The van der Waals surface area contributed by atoms with Gasteiger partial charge in [0.1, 0.15) is 5.82 Å². The van der Waals surface area contributed by atoms with Gasteiger partial charge in [-0.25, -0.2) is 9.82 Å². The van der Waals surface area contributed by atoms with Crippen LogP contribution in [0, 0.1) is 5.82 Å². The molecule has 7 nitrogen and oxygen atoms in total. The maximum absolute atomic E-state index is 14.0. The molecular formula is C29H24BrFN4O3. The fourth-order valence-electron chi connectivity index (χ4n) is 5.49. The normalized spacial score (nSPS) is 17.6. The van der Waals surface area contributed by atoms with Crippen molar-refractivity contribution < 1.29 is 18.8 Å². The lowest BCUT2D eigenvalue weighted by atomic mass is 10.0. The Labute approximate surface area is 227 Å². The molecule has 3 aromatic carbocycles. The largest absolute Gasteiger partial charge is 0.329 e. The third kappa shape index (κ3) is 4.12. The summed E-state index contributed by atoms with van der Waals surface area (Å²) in [6, 6.07) is 18.1. The third-order valence-electron chi connectivity index (χ3n) is 7.35. The van der Waals surface area contributed by atoms with Gasteiger partial charge >= 0.3 is 0 Å². The van der Waals surface area contributed by atoms with E-state index in [1.165, 1.54) is 17.0 Å². The first-order chi connectivity index (χ1) is 18.3. The highest BCUT2D eigenvalue weighted by Gasteiger charge is 2.40. The maximum Gasteiger partial charge on any atom is 0.261 e. The summed E-state index contributed by atoms with van der Waals surface area (Å²) in [5.74, 6) is -1.31. The molecule has 3 aliphatic rings. The van der Waals surface area contributed by atoms with Crippen LogP contribution in [0.15, 0.2) is 71.2 Å². The van der Waals surface area contributed by atoms with E-state index in [9.17, 15) is 18.8 Å². The smallest absolute Gasteiger partial charge is 0.261 e. The molecule has 1 atom stereocenters. The van der Waals surface area contributed by atoms with E-state index in [1.807, 2.05) is 30.3 Å². The Bertz CT molecular complexity index is 1500. The zero-order valence-electron chi connectivity index (χ0n) is 20.6. The number of carbonyl (C=O) groups is 3. The predicted molar refractivity (Wildman–Crippen MR) is 144 cm³/mol. The molecule has 3 amide bonds. The van der Waals surface area contributed by atoms with Gasteiger partial charge in [0.25, 0.3) is 17.7 Å². The number of fused-ring (bicyclic) bond motifs is 2. The number of hydrogen-bond acceptors (Lipinski definition) is 5. The van der Waals surface area contributed by atoms with Gasteiger partial charge in [-0.2, -0.15) is 0 Å². The van der Waals surface area contributed by atoms with Crippen molar-refractivity contribution in [1.29, 1.82) is 0 Å². The van der Waals surface area contributed by atoms with Crippen LogP contribution in [0.25, 0.3) is 5.70 Å². The second-order valence-electron chi connectivity index (χ2n) is 9.71. The van der Waals surface area contributed by atoms with Gasteiger partial charge in [0.05, 0.1) is 29.4 Å². The van der Waals surface area contributed by atoms with Gasteiger partial charge in [-0.1, -0.05) is 46.3 Å². The van der Waals surface area contributed by atoms with E-state index in [-0.39, 0.29) is 30.1 Å². The van der Waals surface area contributed by atoms with Crippen molar-refractivity contribution >= 4 is 39.3 Å². The summed E-state index contributed by atoms with van der Waals surface area (Å²) in [7, 11) is 1.94. The molecule has 3 aromatic rings. The van der Waals surface area contributed by atoms with Crippen LogP contribution in [0.3, 0.4) is 0 Å². The zero-order valence-corrected chi connectivity index (χ0v) is 22.2. The fraction of sp³-hybridized carbons (Fsp3) is 0.207. The molecule has 3 heterocycles. The number of hydrazine groups is 1. The average Bonchev–Trinajstić information content (AvgIpc) is 3.50. The molecule has 0 bridgehead atoms. The summed E-state index contributed by atoms with van der Waals surface area (Å²) in [5, 5.41) is 1.94. The second kappa shape index (κ2) is 9.49. The Kier molecular flexibility index (Phi) is 6.12. The molecule has 0 saturated carbocycles. The molecule has 0 radical (unpaired) electrons. The first-order valence-corrected chi connectivity index (χ1v) is 13.1. The number of carbonyl (C=O) groups excluding carboxylic acids is 3. The minimum absolute atomic E-state index is 0.0127. The summed E-state index contributed by atoms with van der Waals surface area (Å²) >= 11 is 3.62. The standard InChI is InChI=1S/C29H24BrFN4O3/c1-33-26(25(30)14-32-33)18-9-10-22-19(13-18)15-34(27(22)36)21(12-17-5-4-6-20(31)11-17)16-35-28(37)23-7-2-3-8-24(23)29(35)38/h2-11,13,21,32H,12,14-16H2,1H3/t21-/m0/s1. The van der Waals surface area contributed by atoms with Gasteiger partial charge in [0, 0.05) is 35.7 Å². The van der Waals surface area contributed by atoms with Crippen LogP contribution in [0.1, 0.15) is 47.8 Å². The number of nitrogens with one attached hydrogen (secondary N) is 1. The molecule has 192 valence electrons. The number of rotatable bonds is 6. The van der Waals surface area contributed by atoms with Crippen LogP contribution >= 0.6 is 15.9 Å². The van der Waals surface area contributed by atoms with Crippen LogP contribution in [0.2, 0.25) is 0 Å². The van der Waals surface area contributed by atoms with Crippen LogP contribution in [-0.4, -0.2) is 58.7 Å². The SMILES string of the molecule is CN1NCC(Br)=C1c1ccc2c(c1)CN([C@@H](Cc1cccc(F)c1)CN1C(=O)c3ccccc3C1=O)C2=O. The van der Waals surface area contributed by atoms with Gasteiger partial charge in [0.15, 0.2) is 0 Å². The minimum Gasteiger partial charge on any atom is -0.329 e. The Morgan fingerprint density at radius 1 is 0.921 bits per heavy atom. The van der Waals surface area contributed by atoms with E-state index in [2.05, 4.69) is 21.4 Å². The summed E-state index contributed by atoms with van der Waals surface area (Å²) < 4.78 is 15.1. The van der Waals surface area contributed by atoms with E-state index >= 15 is 0 Å². The Morgan fingerprint density at radius 3 is 2.32 bits per heavy atom. The van der Waals surface area contributed by atoms with E-state index < -0.39 is 6.04 Å². The summed E-state index contributed by atoms with van der Waals surface area (Å²) in [6.07, 6.45) is 0.293. The molecule has 0 unspecified atom stereocenters. The quantitative estimate of drug-likeness (QED) is 0.447. The van der Waals surface area contributed by atoms with Crippen molar-refractivity contribution in [3.63, 3.8) is 0 Å². The predicted octanol–water partition coefficient (Wildman–Crippen LogP) is 4.20. The molecule has 0 fully saturated rings. The van der Waals surface area contributed by atoms with Crippen molar-refractivity contribution in [2.24, 2.45) is 0 Å². The number of nitrogens with zero attached hydrogens (tertiary/aromatic N) is 3. The molecule has 9 heteroatoms. The number of imide groups is 1. The Balaban J connectivity index is 1.33. The average molecular weight is 575 g/mol. The highest BCUT2D eigenvalue weighted by molar-refractivity contribution is 9.11. The summed E-state index contributed by atoms with van der Waals surface area (Å²) in [5.41, 5.74) is 8.07. The van der Waals surface area contributed by atoms with Crippen LogP contribution in [-0.2, 0) is 13.0 Å². The molecular weight excluding hydrogens is 551 g/mol. The zero-order chi connectivity index (χ0) is 26.6. The van der Waals surface area contributed by atoms with Crippen molar-refractivity contribution in [2.75, 3.05) is 20.1 Å². The lowest BCUT2D eigenvalue weighted by Gasteiger charge is -2.31. The number of hydrogen-bond donors (Lipinski definition) is 1. The molecule has 6 rings (SSSR count). The van der Waals surface area contributed by atoms with Gasteiger partial charge in [-0.05, 0) is 53.9 Å². The molecule has 1 N–H and O–H groups in total. The van der Waals surface area contributed by atoms with Crippen molar-refractivity contribution in [1.82, 2.24) is 20.2 Å². The highest BCUT2D eigenvalue weighted by Crippen LogP contribution is 2.34. The first-order valence-electron chi connectivity index (χ1n) is 12.3. The van der Waals surface area contributed by atoms with E-state index in [0.29, 0.717) is 41.8 Å². The number of benzene rings is 3. The summed E-state index contributed by atoms with van der Waals surface area (Å²) in [4.78, 5) is 42.8. The van der Waals surface area contributed by atoms with Gasteiger partial charge < -0.3 is 9.91 Å². The number of amides is 3. The molecule has 0 aromatic heterocycles. The Hall–Kier alpha value is -3.82. The number of halogens is 2. The molecule has 0 saturated heterocycles. The third-order valence-corrected chi connectivity index (χ3v) is 8.00. The fourth-order valence-corrected chi connectivity index (χ4v) is 6.11. The van der Waals surface area contributed by atoms with Crippen molar-refractivity contribution in [2.45, 2.75) is 19.0 Å². The van der Waals surface area contributed by atoms with Gasteiger partial charge in [-0.15, -0.1) is 0 Å². The van der Waals surface area contributed by atoms with Crippen LogP contribution < -0.4 is 5.43 Å². The molecule has 0 spiro atoms. The van der Waals surface area contributed by atoms with Gasteiger partial charge in [0.2, 0.25) is 0 Å². The minimum atomic E-state index is -0.538. The lowest BCUT2D eigenvalue weighted by Crippen LogP contribution is -2.47. The van der Waals surface area contributed by atoms with Gasteiger partial charge in [-0.3, -0.25) is 19.3 Å².